The van der Waals surface area contributed by atoms with E-state index < -0.39 is 6.04 Å². The van der Waals surface area contributed by atoms with Gasteiger partial charge in [-0.05, 0) is 57.6 Å². The minimum atomic E-state index is -0.559. The van der Waals surface area contributed by atoms with Crippen LogP contribution in [-0.4, -0.2) is 58.5 Å². The van der Waals surface area contributed by atoms with Gasteiger partial charge in [-0.15, -0.1) is 11.3 Å². The van der Waals surface area contributed by atoms with Crippen molar-refractivity contribution in [3.63, 3.8) is 0 Å². The molecule has 0 aliphatic carbocycles. The van der Waals surface area contributed by atoms with Gasteiger partial charge in [0.2, 0.25) is 11.8 Å². The molecule has 2 aromatic heterocycles. The van der Waals surface area contributed by atoms with Gasteiger partial charge < -0.3 is 19.7 Å². The number of aromatic nitrogens is 2. The van der Waals surface area contributed by atoms with Crippen LogP contribution in [0.5, 0.6) is 11.5 Å². The molecule has 8 nitrogen and oxygen atoms in total. The van der Waals surface area contributed by atoms with Crippen LogP contribution in [0.4, 0.5) is 0 Å². The number of allylic oxidation sites excluding steroid dienone is 1. The van der Waals surface area contributed by atoms with Crippen LogP contribution in [0, 0.1) is 6.92 Å². The van der Waals surface area contributed by atoms with Crippen LogP contribution < -0.4 is 14.8 Å². The first-order chi connectivity index (χ1) is 20.7. The molecule has 5 rings (SSSR count). The summed E-state index contributed by atoms with van der Waals surface area (Å²) in [5.74, 6) is 1.65. The highest BCUT2D eigenvalue weighted by atomic mass is 32.1. The topological polar surface area (TPSA) is 93.6 Å². The lowest BCUT2D eigenvalue weighted by atomic mass is 10.1. The number of nitrogens with one attached hydrogen (secondary N) is 1. The fourth-order valence-corrected chi connectivity index (χ4v) is 6.86. The normalized spacial score (nSPS) is 23.0. The smallest absolute Gasteiger partial charge is 0.243 e. The molecule has 3 atom stereocenters. The molecule has 4 heterocycles. The van der Waals surface area contributed by atoms with E-state index in [1.165, 1.54) is 0 Å². The van der Waals surface area contributed by atoms with E-state index in [4.69, 9.17) is 19.4 Å². The number of fused-ring (bicyclic) bond motifs is 2. The van der Waals surface area contributed by atoms with E-state index in [1.807, 2.05) is 32.0 Å². The minimum Gasteiger partial charge on any atom is -0.496 e. The summed E-state index contributed by atoms with van der Waals surface area (Å²) in [4.78, 5) is 38.5. The number of carbonyl (C=O) groups is 2. The Bertz CT molecular complexity index is 1480. The molecule has 230 valence electrons. The number of thiazole rings is 1. The Kier molecular flexibility index (Phi) is 10.0. The molecule has 2 amide bonds. The van der Waals surface area contributed by atoms with E-state index in [0.29, 0.717) is 31.1 Å². The summed E-state index contributed by atoms with van der Waals surface area (Å²) in [6.07, 6.45) is 10.8. The highest BCUT2D eigenvalue weighted by Crippen LogP contribution is 2.38. The Morgan fingerprint density at radius 1 is 1.07 bits per heavy atom. The molecular weight excluding hydrogens is 560 g/mol. The number of pyridine rings is 1. The van der Waals surface area contributed by atoms with Crippen molar-refractivity contribution in [1.29, 1.82) is 0 Å². The van der Waals surface area contributed by atoms with E-state index in [0.717, 1.165) is 77.1 Å². The van der Waals surface area contributed by atoms with E-state index >= 15 is 0 Å². The number of carbonyl (C=O) groups excluding carboxylic acids is 2. The van der Waals surface area contributed by atoms with E-state index in [9.17, 15) is 9.59 Å². The molecule has 2 unspecified atom stereocenters. The van der Waals surface area contributed by atoms with Gasteiger partial charge in [-0.2, -0.15) is 0 Å². The predicted octanol–water partition coefficient (Wildman–Crippen LogP) is 6.95. The van der Waals surface area contributed by atoms with Gasteiger partial charge in [-0.1, -0.05) is 38.8 Å². The van der Waals surface area contributed by atoms with Gasteiger partial charge in [-0.3, -0.25) is 9.59 Å². The number of hydrogen-bond donors (Lipinski definition) is 1. The summed E-state index contributed by atoms with van der Waals surface area (Å²) in [7, 11) is 1.66. The van der Waals surface area contributed by atoms with Gasteiger partial charge in [0.05, 0.1) is 24.9 Å². The molecule has 1 aromatic carbocycles. The van der Waals surface area contributed by atoms with Gasteiger partial charge >= 0.3 is 0 Å². The van der Waals surface area contributed by atoms with Gasteiger partial charge in [-0.25, -0.2) is 9.97 Å². The van der Waals surface area contributed by atoms with Crippen molar-refractivity contribution in [2.24, 2.45) is 0 Å². The molecule has 3 aromatic rings. The summed E-state index contributed by atoms with van der Waals surface area (Å²) >= 11 is 1.57. The molecule has 0 spiro atoms. The first kappa shape index (κ1) is 31.0. The first-order valence-electron chi connectivity index (χ1n) is 15.6. The van der Waals surface area contributed by atoms with Crippen molar-refractivity contribution < 1.29 is 19.1 Å². The molecular formula is C34H44N4O4S. The number of ether oxygens (including phenoxy) is 2. The van der Waals surface area contributed by atoms with E-state index in [1.54, 1.807) is 23.3 Å². The van der Waals surface area contributed by atoms with Crippen molar-refractivity contribution >= 4 is 34.1 Å². The Morgan fingerprint density at radius 3 is 2.65 bits per heavy atom. The number of rotatable bonds is 5. The van der Waals surface area contributed by atoms with Crippen LogP contribution >= 0.6 is 11.3 Å². The van der Waals surface area contributed by atoms with E-state index in [-0.39, 0.29) is 24.0 Å². The fourth-order valence-electron chi connectivity index (χ4n) is 5.91. The number of methoxy groups -OCH3 is 1. The summed E-state index contributed by atoms with van der Waals surface area (Å²) < 4.78 is 12.3. The molecule has 9 heteroatoms. The monoisotopic (exact) mass is 604 g/mol. The Morgan fingerprint density at radius 2 is 1.88 bits per heavy atom. The van der Waals surface area contributed by atoms with Crippen molar-refractivity contribution in [3.8, 4) is 22.2 Å². The fraction of sp³-hybridized carbons (Fsp3) is 0.529. The first-order valence-corrected chi connectivity index (χ1v) is 16.5. The van der Waals surface area contributed by atoms with Crippen molar-refractivity contribution in [2.75, 3.05) is 13.7 Å². The van der Waals surface area contributed by atoms with Crippen LogP contribution in [0.15, 0.2) is 35.7 Å². The van der Waals surface area contributed by atoms with Gasteiger partial charge in [0.25, 0.3) is 0 Å². The molecule has 0 saturated carbocycles. The van der Waals surface area contributed by atoms with Gasteiger partial charge in [0.1, 0.15) is 34.3 Å². The minimum absolute atomic E-state index is 0.00974. The standard InChI is InChI=1S/C34H44N4O4S/c1-21(2)27-20-43-34(37-27)26-18-30(25-15-16-29(41-5)23(4)32(25)36-26)42-24-17-28-33(40)35-22(3)13-11-9-7-6-8-10-12-14-31(39)38(28)19-24/h9,11,15-16,18,20-22,24,28H,6-8,10,12-14,17,19H2,1-5H3,(H,35,40)/b11-9-/t22?,24-,28?/m1/s1. The highest BCUT2D eigenvalue weighted by Gasteiger charge is 2.41. The van der Waals surface area contributed by atoms with Crippen molar-refractivity contribution in [3.05, 3.63) is 47.0 Å². The summed E-state index contributed by atoms with van der Waals surface area (Å²) in [6, 6.07) is 5.28. The second-order valence-electron chi connectivity index (χ2n) is 12.1. The lowest BCUT2D eigenvalue weighted by Gasteiger charge is -2.25. The second-order valence-corrected chi connectivity index (χ2v) is 13.0. The maximum absolute atomic E-state index is 13.5. The molecule has 1 saturated heterocycles. The third kappa shape index (κ3) is 7.20. The zero-order valence-electron chi connectivity index (χ0n) is 26.0. The van der Waals surface area contributed by atoms with Crippen LogP contribution in [0.25, 0.3) is 21.6 Å². The lowest BCUT2D eigenvalue weighted by Crippen LogP contribution is -2.48. The summed E-state index contributed by atoms with van der Waals surface area (Å²) in [6.45, 7) is 8.63. The molecule has 0 radical (unpaired) electrons. The van der Waals surface area contributed by atoms with Crippen LogP contribution in [0.1, 0.15) is 89.3 Å². The number of nitrogens with zero attached hydrogens (tertiary/aromatic N) is 3. The molecule has 1 N–H and O–H groups in total. The molecule has 2 aliphatic rings. The zero-order valence-corrected chi connectivity index (χ0v) is 26.8. The number of amides is 2. The maximum Gasteiger partial charge on any atom is 0.243 e. The Balaban J connectivity index is 1.46. The number of hydrogen-bond acceptors (Lipinski definition) is 7. The highest BCUT2D eigenvalue weighted by molar-refractivity contribution is 7.13. The Labute approximate surface area is 258 Å². The van der Waals surface area contributed by atoms with Crippen LogP contribution in [0.3, 0.4) is 0 Å². The van der Waals surface area contributed by atoms with Crippen molar-refractivity contribution in [2.45, 2.75) is 103 Å². The third-order valence-electron chi connectivity index (χ3n) is 8.44. The third-order valence-corrected chi connectivity index (χ3v) is 9.32. The Hall–Kier alpha value is -3.46. The quantitative estimate of drug-likeness (QED) is 0.317. The van der Waals surface area contributed by atoms with E-state index in [2.05, 4.69) is 36.7 Å². The summed E-state index contributed by atoms with van der Waals surface area (Å²) in [5, 5.41) is 6.92. The maximum atomic E-state index is 13.5. The predicted molar refractivity (Wildman–Crippen MR) is 172 cm³/mol. The van der Waals surface area contributed by atoms with Crippen LogP contribution in [-0.2, 0) is 9.59 Å². The zero-order chi connectivity index (χ0) is 30.5. The van der Waals surface area contributed by atoms with Gasteiger partial charge in [0.15, 0.2) is 0 Å². The second kappa shape index (κ2) is 13.9. The summed E-state index contributed by atoms with van der Waals surface area (Å²) in [5.41, 5.74) is 3.47. The largest absolute Gasteiger partial charge is 0.496 e. The van der Waals surface area contributed by atoms with Gasteiger partial charge in [0, 0.05) is 41.3 Å². The number of aryl methyl sites for hydroxylation is 1. The average molecular weight is 605 g/mol. The van der Waals surface area contributed by atoms with Crippen molar-refractivity contribution in [1.82, 2.24) is 20.2 Å². The molecule has 1 fully saturated rings. The van der Waals surface area contributed by atoms with Crippen LogP contribution in [0.2, 0.25) is 0 Å². The molecule has 2 aliphatic heterocycles. The SMILES string of the molecule is COc1ccc2c(O[C@@H]3CC4C(=O)NC(C)C/C=C\CCCCCCC(=O)N4C3)cc(-c3nc(C(C)C)cs3)nc2c1C. The molecule has 0 bridgehead atoms. The lowest BCUT2D eigenvalue weighted by molar-refractivity contribution is -0.138. The average Bonchev–Trinajstić information content (AvgIpc) is 3.64. The molecule has 43 heavy (non-hydrogen) atoms. The number of benzene rings is 1.